The van der Waals surface area contributed by atoms with E-state index in [1.54, 1.807) is 36.4 Å². The Balaban J connectivity index is 1.65. The Bertz CT molecular complexity index is 909. The topological polar surface area (TPSA) is 44.8 Å². The van der Waals surface area contributed by atoms with Gasteiger partial charge in [0.25, 0.3) is 0 Å². The summed E-state index contributed by atoms with van der Waals surface area (Å²) in [5, 5.41) is 0. The third-order valence-electron chi connectivity index (χ3n) is 4.04. The second-order valence-electron chi connectivity index (χ2n) is 6.18. The van der Waals surface area contributed by atoms with Crippen molar-refractivity contribution >= 4 is 28.3 Å². The van der Waals surface area contributed by atoms with Gasteiger partial charge >= 0.3 is 6.18 Å². The largest absolute Gasteiger partial charge is 0.489 e. The molecule has 1 aliphatic rings. The maximum Gasteiger partial charge on any atom is 0.425 e. The molecule has 0 fully saturated rings. The van der Waals surface area contributed by atoms with Crippen molar-refractivity contribution in [2.75, 3.05) is 6.61 Å². The fourth-order valence-corrected chi connectivity index (χ4v) is 2.99. The predicted molar refractivity (Wildman–Crippen MR) is 101 cm³/mol. The van der Waals surface area contributed by atoms with Crippen LogP contribution in [0.15, 0.2) is 46.4 Å². The standard InChI is InChI=1S/C20H16BrF3O4/c1-12(20(22,23)24)28-18-5-2-13(7-17(18)21)10-26-16-4-3-15-6-14(9-25)11-27-19(15)8-16/h2-9,12H,10-11H2,1H3/t12-/m0/s1. The quantitative estimate of drug-likeness (QED) is 0.550. The first-order valence-corrected chi connectivity index (χ1v) is 9.13. The van der Waals surface area contributed by atoms with Crippen LogP contribution < -0.4 is 14.2 Å². The van der Waals surface area contributed by atoms with Gasteiger partial charge in [0.05, 0.1) is 4.47 Å². The normalized spacial score (nSPS) is 14.4. The minimum atomic E-state index is -4.43. The maximum absolute atomic E-state index is 12.6. The van der Waals surface area contributed by atoms with Crippen LogP contribution in [-0.2, 0) is 11.4 Å². The molecule has 0 spiro atoms. The van der Waals surface area contributed by atoms with E-state index >= 15 is 0 Å². The Kier molecular flexibility index (Phi) is 5.98. The van der Waals surface area contributed by atoms with Gasteiger partial charge in [-0.05, 0) is 58.8 Å². The number of carbonyl (C=O) groups is 1. The Labute approximate surface area is 168 Å². The lowest BCUT2D eigenvalue weighted by molar-refractivity contribution is -0.189. The van der Waals surface area contributed by atoms with E-state index in [9.17, 15) is 18.0 Å². The Morgan fingerprint density at radius 1 is 1.25 bits per heavy atom. The monoisotopic (exact) mass is 456 g/mol. The number of carbonyl (C=O) groups excluding carboxylic acids is 1. The Morgan fingerprint density at radius 3 is 2.71 bits per heavy atom. The second kappa shape index (κ2) is 8.26. The van der Waals surface area contributed by atoms with Gasteiger partial charge in [0.15, 0.2) is 6.10 Å². The number of benzene rings is 2. The van der Waals surface area contributed by atoms with Crippen LogP contribution >= 0.6 is 15.9 Å². The molecule has 1 aliphatic heterocycles. The molecule has 0 amide bonds. The molecule has 0 N–H and O–H groups in total. The van der Waals surface area contributed by atoms with Crippen LogP contribution in [0.5, 0.6) is 17.2 Å². The highest BCUT2D eigenvalue weighted by Crippen LogP contribution is 2.32. The van der Waals surface area contributed by atoms with E-state index in [0.717, 1.165) is 24.3 Å². The van der Waals surface area contributed by atoms with E-state index in [0.29, 0.717) is 21.5 Å². The fourth-order valence-electron chi connectivity index (χ4n) is 2.47. The van der Waals surface area contributed by atoms with Gasteiger partial charge in [-0.15, -0.1) is 0 Å². The summed E-state index contributed by atoms with van der Waals surface area (Å²) >= 11 is 3.23. The smallest absolute Gasteiger partial charge is 0.425 e. The number of aldehydes is 1. The number of hydrogen-bond donors (Lipinski definition) is 0. The lowest BCUT2D eigenvalue weighted by atomic mass is 10.1. The zero-order valence-corrected chi connectivity index (χ0v) is 16.3. The molecule has 2 aromatic carbocycles. The number of ether oxygens (including phenoxy) is 3. The van der Waals surface area contributed by atoms with E-state index < -0.39 is 12.3 Å². The number of fused-ring (bicyclic) bond motifs is 1. The average Bonchev–Trinajstić information content (AvgIpc) is 2.66. The zero-order valence-electron chi connectivity index (χ0n) is 14.8. The summed E-state index contributed by atoms with van der Waals surface area (Å²) in [5.41, 5.74) is 2.11. The fraction of sp³-hybridized carbons (Fsp3) is 0.250. The van der Waals surface area contributed by atoms with Gasteiger partial charge in [-0.3, -0.25) is 4.79 Å². The maximum atomic E-state index is 12.6. The van der Waals surface area contributed by atoms with Crippen molar-refractivity contribution in [2.45, 2.75) is 25.8 Å². The molecule has 4 nitrogen and oxygen atoms in total. The molecule has 148 valence electrons. The van der Waals surface area contributed by atoms with Gasteiger partial charge in [-0.25, -0.2) is 0 Å². The van der Waals surface area contributed by atoms with Gasteiger partial charge in [0, 0.05) is 17.2 Å². The van der Waals surface area contributed by atoms with Crippen molar-refractivity contribution in [3.05, 3.63) is 57.6 Å². The van der Waals surface area contributed by atoms with Crippen molar-refractivity contribution in [2.24, 2.45) is 0 Å². The van der Waals surface area contributed by atoms with Crippen LogP contribution in [0.1, 0.15) is 18.1 Å². The number of alkyl halides is 3. The lowest BCUT2D eigenvalue weighted by Crippen LogP contribution is -2.31. The molecular weight excluding hydrogens is 441 g/mol. The van der Waals surface area contributed by atoms with Crippen LogP contribution in [0, 0.1) is 0 Å². The van der Waals surface area contributed by atoms with Gasteiger partial charge in [0.2, 0.25) is 0 Å². The molecule has 0 unspecified atom stereocenters. The zero-order chi connectivity index (χ0) is 20.3. The SMILES string of the molecule is C[C@H](Oc1ccc(COc2ccc3c(c2)OCC(C=O)=C3)cc1Br)C(F)(F)F. The minimum Gasteiger partial charge on any atom is -0.489 e. The highest BCUT2D eigenvalue weighted by atomic mass is 79.9. The number of hydrogen-bond acceptors (Lipinski definition) is 4. The van der Waals surface area contributed by atoms with Crippen LogP contribution in [0.2, 0.25) is 0 Å². The summed E-state index contributed by atoms with van der Waals surface area (Å²) in [4.78, 5) is 10.8. The summed E-state index contributed by atoms with van der Waals surface area (Å²) in [7, 11) is 0. The van der Waals surface area contributed by atoms with Crippen LogP contribution in [-0.4, -0.2) is 25.2 Å². The first-order valence-electron chi connectivity index (χ1n) is 8.33. The molecule has 0 aromatic heterocycles. The molecule has 0 bridgehead atoms. The summed E-state index contributed by atoms with van der Waals surface area (Å²) < 4.78 is 54.5. The van der Waals surface area contributed by atoms with E-state index in [1.165, 1.54) is 6.07 Å². The number of rotatable bonds is 6. The second-order valence-corrected chi connectivity index (χ2v) is 7.03. The molecular formula is C20H16BrF3O4. The van der Waals surface area contributed by atoms with Gasteiger partial charge in [-0.1, -0.05) is 6.07 Å². The van der Waals surface area contributed by atoms with Crippen molar-refractivity contribution in [1.82, 2.24) is 0 Å². The molecule has 8 heteroatoms. The molecule has 1 atom stereocenters. The van der Waals surface area contributed by atoms with Crippen molar-refractivity contribution < 1.29 is 32.2 Å². The van der Waals surface area contributed by atoms with Gasteiger partial charge in [-0.2, -0.15) is 13.2 Å². The Hall–Kier alpha value is -2.48. The lowest BCUT2D eigenvalue weighted by Gasteiger charge is -2.19. The third kappa shape index (κ3) is 4.86. The van der Waals surface area contributed by atoms with Gasteiger partial charge in [0.1, 0.15) is 36.7 Å². The van der Waals surface area contributed by atoms with Crippen molar-refractivity contribution in [3.8, 4) is 17.2 Å². The van der Waals surface area contributed by atoms with E-state index in [-0.39, 0.29) is 19.0 Å². The summed E-state index contributed by atoms with van der Waals surface area (Å²) in [6, 6.07) is 10.0. The van der Waals surface area contributed by atoms with E-state index in [2.05, 4.69) is 15.9 Å². The van der Waals surface area contributed by atoms with E-state index in [4.69, 9.17) is 14.2 Å². The first kappa shape index (κ1) is 20.3. The minimum absolute atomic E-state index is 0.105. The molecule has 2 aromatic rings. The van der Waals surface area contributed by atoms with E-state index in [1.807, 2.05) is 0 Å². The van der Waals surface area contributed by atoms with Crippen LogP contribution in [0.25, 0.3) is 6.08 Å². The van der Waals surface area contributed by atoms with Crippen LogP contribution in [0.3, 0.4) is 0 Å². The van der Waals surface area contributed by atoms with Gasteiger partial charge < -0.3 is 14.2 Å². The average molecular weight is 457 g/mol. The molecule has 1 heterocycles. The highest BCUT2D eigenvalue weighted by molar-refractivity contribution is 9.10. The molecule has 0 saturated heterocycles. The molecule has 28 heavy (non-hydrogen) atoms. The first-order chi connectivity index (χ1) is 13.3. The number of halogens is 4. The van der Waals surface area contributed by atoms with Crippen LogP contribution in [0.4, 0.5) is 13.2 Å². The summed E-state index contributed by atoms with van der Waals surface area (Å²) in [6.07, 6.45) is -3.83. The molecule has 0 saturated carbocycles. The summed E-state index contributed by atoms with van der Waals surface area (Å²) in [6.45, 7) is 1.38. The van der Waals surface area contributed by atoms with Crippen molar-refractivity contribution in [1.29, 1.82) is 0 Å². The highest BCUT2D eigenvalue weighted by Gasteiger charge is 2.38. The van der Waals surface area contributed by atoms with Crippen molar-refractivity contribution in [3.63, 3.8) is 0 Å². The molecule has 0 aliphatic carbocycles. The third-order valence-corrected chi connectivity index (χ3v) is 4.66. The predicted octanol–water partition coefficient (Wildman–Crippen LogP) is 5.33. The molecule has 3 rings (SSSR count). The molecule has 0 radical (unpaired) electrons. The summed E-state index contributed by atoms with van der Waals surface area (Å²) in [5.74, 6) is 1.30. The Morgan fingerprint density at radius 2 is 2.04 bits per heavy atom.